The molecule has 1 aromatic rings. The number of hydrogen-bond acceptors (Lipinski definition) is 2. The van der Waals surface area contributed by atoms with Crippen LogP contribution in [-0.2, 0) is 0 Å². The van der Waals surface area contributed by atoms with Crippen molar-refractivity contribution in [1.82, 2.24) is 0 Å². The summed E-state index contributed by atoms with van der Waals surface area (Å²) in [4.78, 5) is 0. The van der Waals surface area contributed by atoms with E-state index in [1.807, 2.05) is 6.07 Å². The summed E-state index contributed by atoms with van der Waals surface area (Å²) in [6, 6.07) is 7.09. The van der Waals surface area contributed by atoms with Gasteiger partial charge in [0.15, 0.2) is 0 Å². The molecular weight excluding hydrogens is 198 g/mol. The quantitative estimate of drug-likeness (QED) is 0.766. The van der Waals surface area contributed by atoms with E-state index in [1.54, 1.807) is 18.2 Å². The summed E-state index contributed by atoms with van der Waals surface area (Å²) >= 11 is 5.84. The zero-order valence-electron chi connectivity index (χ0n) is 8.25. The minimum Gasteiger partial charge on any atom is -0.493 e. The second-order valence-electron chi connectivity index (χ2n) is 3.46. The Balaban J connectivity index is 2.73. The second-order valence-corrected chi connectivity index (χ2v) is 3.87. The molecule has 0 bridgehead atoms. The van der Waals surface area contributed by atoms with Crippen molar-refractivity contribution in [3.8, 4) is 11.8 Å². The van der Waals surface area contributed by atoms with Crippen molar-refractivity contribution in [2.24, 2.45) is 5.92 Å². The van der Waals surface area contributed by atoms with Gasteiger partial charge in [-0.2, -0.15) is 5.26 Å². The summed E-state index contributed by atoms with van der Waals surface area (Å²) in [7, 11) is 0. The Kier molecular flexibility index (Phi) is 3.79. The van der Waals surface area contributed by atoms with E-state index in [4.69, 9.17) is 21.6 Å². The van der Waals surface area contributed by atoms with Crippen LogP contribution in [0.25, 0.3) is 0 Å². The highest BCUT2D eigenvalue weighted by molar-refractivity contribution is 6.31. The fraction of sp³-hybridized carbons (Fsp3) is 0.364. The topological polar surface area (TPSA) is 33.0 Å². The first kappa shape index (κ1) is 10.9. The summed E-state index contributed by atoms with van der Waals surface area (Å²) in [6.45, 7) is 4.80. The number of halogens is 1. The van der Waals surface area contributed by atoms with E-state index in [9.17, 15) is 0 Å². The molecule has 0 fully saturated rings. The number of rotatable bonds is 3. The van der Waals surface area contributed by atoms with Gasteiger partial charge in [-0.05, 0) is 18.1 Å². The molecule has 0 aromatic heterocycles. The monoisotopic (exact) mass is 209 g/mol. The Morgan fingerprint density at radius 2 is 2.21 bits per heavy atom. The highest BCUT2D eigenvalue weighted by Crippen LogP contribution is 2.22. The molecule has 1 rings (SSSR count). The third kappa shape index (κ3) is 2.93. The van der Waals surface area contributed by atoms with Crippen LogP contribution in [0.3, 0.4) is 0 Å². The summed E-state index contributed by atoms with van der Waals surface area (Å²) in [5.74, 6) is 1.19. The van der Waals surface area contributed by atoms with Crippen molar-refractivity contribution in [2.45, 2.75) is 13.8 Å². The van der Waals surface area contributed by atoms with Gasteiger partial charge >= 0.3 is 0 Å². The second kappa shape index (κ2) is 4.88. The van der Waals surface area contributed by atoms with Crippen molar-refractivity contribution in [1.29, 1.82) is 5.26 Å². The van der Waals surface area contributed by atoms with Crippen LogP contribution < -0.4 is 4.74 Å². The van der Waals surface area contributed by atoms with Crippen molar-refractivity contribution in [3.63, 3.8) is 0 Å². The van der Waals surface area contributed by atoms with Crippen molar-refractivity contribution in [3.05, 3.63) is 28.8 Å². The lowest BCUT2D eigenvalue weighted by Crippen LogP contribution is -2.04. The number of benzene rings is 1. The minimum absolute atomic E-state index is 0.439. The largest absolute Gasteiger partial charge is 0.493 e. The van der Waals surface area contributed by atoms with Gasteiger partial charge in [-0.1, -0.05) is 25.4 Å². The van der Waals surface area contributed by atoms with Crippen LogP contribution in [0.15, 0.2) is 18.2 Å². The molecule has 0 saturated carbocycles. The molecule has 3 heteroatoms. The molecule has 0 atom stereocenters. The zero-order valence-corrected chi connectivity index (χ0v) is 9.01. The van der Waals surface area contributed by atoms with Gasteiger partial charge < -0.3 is 4.74 Å². The predicted octanol–water partition coefficient (Wildman–Crippen LogP) is 3.25. The number of hydrogen-bond donors (Lipinski definition) is 0. The van der Waals surface area contributed by atoms with Crippen LogP contribution in [0.5, 0.6) is 5.75 Å². The molecule has 1 aromatic carbocycles. The minimum atomic E-state index is 0.439. The van der Waals surface area contributed by atoms with Crippen LogP contribution in [-0.4, -0.2) is 6.61 Å². The SMILES string of the molecule is CC(C)COc1ccc(C#N)c(Cl)c1. The summed E-state index contributed by atoms with van der Waals surface area (Å²) in [6.07, 6.45) is 0. The van der Waals surface area contributed by atoms with E-state index in [-0.39, 0.29) is 0 Å². The van der Waals surface area contributed by atoms with E-state index in [2.05, 4.69) is 13.8 Å². The van der Waals surface area contributed by atoms with E-state index in [1.165, 1.54) is 0 Å². The Labute approximate surface area is 89.1 Å². The first-order valence-electron chi connectivity index (χ1n) is 4.46. The van der Waals surface area contributed by atoms with E-state index >= 15 is 0 Å². The van der Waals surface area contributed by atoms with Crippen LogP contribution >= 0.6 is 11.6 Å². The average Bonchev–Trinajstić information content (AvgIpc) is 2.15. The van der Waals surface area contributed by atoms with Gasteiger partial charge in [-0.3, -0.25) is 0 Å². The van der Waals surface area contributed by atoms with Crippen molar-refractivity contribution >= 4 is 11.6 Å². The molecule has 0 aliphatic rings. The normalized spacial score (nSPS) is 9.93. The number of nitrogens with zero attached hydrogens (tertiary/aromatic N) is 1. The van der Waals surface area contributed by atoms with Gasteiger partial charge in [0.2, 0.25) is 0 Å². The van der Waals surface area contributed by atoms with Crippen LogP contribution in [0.4, 0.5) is 0 Å². The lowest BCUT2D eigenvalue weighted by atomic mass is 10.2. The van der Waals surface area contributed by atoms with Crippen molar-refractivity contribution in [2.75, 3.05) is 6.61 Å². The van der Waals surface area contributed by atoms with Gasteiger partial charge in [0.1, 0.15) is 11.8 Å². The lowest BCUT2D eigenvalue weighted by molar-refractivity contribution is 0.271. The molecule has 0 N–H and O–H groups in total. The fourth-order valence-electron chi connectivity index (χ4n) is 0.939. The molecule has 14 heavy (non-hydrogen) atoms. The summed E-state index contributed by atoms with van der Waals surface area (Å²) in [5.41, 5.74) is 0.476. The Bertz CT molecular complexity index is 355. The number of ether oxygens (including phenoxy) is 1. The van der Waals surface area contributed by atoms with Crippen LogP contribution in [0, 0.1) is 17.2 Å². The van der Waals surface area contributed by atoms with Gasteiger partial charge in [0, 0.05) is 6.07 Å². The van der Waals surface area contributed by atoms with Gasteiger partial charge in [0.25, 0.3) is 0 Å². The maximum atomic E-state index is 8.65. The Hall–Kier alpha value is -1.20. The van der Waals surface area contributed by atoms with E-state index in [0.717, 1.165) is 0 Å². The third-order valence-corrected chi connectivity index (χ3v) is 1.96. The summed E-state index contributed by atoms with van der Waals surface area (Å²) in [5, 5.41) is 9.09. The maximum Gasteiger partial charge on any atom is 0.120 e. The molecule has 2 nitrogen and oxygen atoms in total. The Morgan fingerprint density at radius 1 is 1.50 bits per heavy atom. The molecule has 0 unspecified atom stereocenters. The average molecular weight is 210 g/mol. The third-order valence-electron chi connectivity index (χ3n) is 1.64. The number of nitriles is 1. The Morgan fingerprint density at radius 3 is 2.71 bits per heavy atom. The highest BCUT2D eigenvalue weighted by atomic mass is 35.5. The lowest BCUT2D eigenvalue weighted by Gasteiger charge is -2.08. The molecule has 74 valence electrons. The molecular formula is C11H12ClNO. The molecule has 0 heterocycles. The predicted molar refractivity (Wildman–Crippen MR) is 56.5 cm³/mol. The van der Waals surface area contributed by atoms with Crippen LogP contribution in [0.2, 0.25) is 5.02 Å². The maximum absolute atomic E-state index is 8.65. The molecule has 0 radical (unpaired) electrons. The van der Waals surface area contributed by atoms with Gasteiger partial charge in [0.05, 0.1) is 17.2 Å². The first-order valence-corrected chi connectivity index (χ1v) is 4.83. The van der Waals surface area contributed by atoms with Crippen molar-refractivity contribution < 1.29 is 4.74 Å². The van der Waals surface area contributed by atoms with Gasteiger partial charge in [-0.25, -0.2) is 0 Å². The molecule has 0 spiro atoms. The molecule has 0 aliphatic carbocycles. The molecule has 0 amide bonds. The van der Waals surface area contributed by atoms with Gasteiger partial charge in [-0.15, -0.1) is 0 Å². The summed E-state index contributed by atoms with van der Waals surface area (Å²) < 4.78 is 5.45. The molecule has 0 aliphatic heterocycles. The zero-order chi connectivity index (χ0) is 10.6. The smallest absolute Gasteiger partial charge is 0.120 e. The first-order chi connectivity index (χ1) is 6.63. The van der Waals surface area contributed by atoms with Crippen LogP contribution in [0.1, 0.15) is 19.4 Å². The highest BCUT2D eigenvalue weighted by Gasteiger charge is 2.02. The standard InChI is InChI=1S/C11H12ClNO/c1-8(2)7-14-10-4-3-9(6-13)11(12)5-10/h3-5,8H,7H2,1-2H3. The molecule has 0 saturated heterocycles. The van der Waals surface area contributed by atoms with E-state index in [0.29, 0.717) is 28.9 Å². The van der Waals surface area contributed by atoms with E-state index < -0.39 is 0 Å². The fourth-order valence-corrected chi connectivity index (χ4v) is 1.15.